The highest BCUT2D eigenvalue weighted by molar-refractivity contribution is 6.10. The standard InChI is InChI=1S/C22H22N4O8/c1-4-20(28)34-12-11-33-18-8-6-5-7-16(18)23-22(29)21(14(2)27)25-24-17-10-9-15(26(30)31)13-19(17)32-3/h4-10,13,21H,1,11-12H2,2-3H3,(H,23,29). The number of benzene rings is 2. The quantitative estimate of drug-likeness (QED) is 0.0940. The Morgan fingerprint density at radius 2 is 1.91 bits per heavy atom. The number of nitrogens with zero attached hydrogens (tertiary/aromatic N) is 3. The largest absolute Gasteiger partial charge is 0.494 e. The minimum absolute atomic E-state index is 0.0161. The third-order valence-electron chi connectivity index (χ3n) is 4.19. The van der Waals surface area contributed by atoms with Crippen molar-refractivity contribution in [2.24, 2.45) is 10.2 Å². The van der Waals surface area contributed by atoms with E-state index >= 15 is 0 Å². The van der Waals surface area contributed by atoms with E-state index in [0.717, 1.165) is 12.1 Å². The molecule has 0 spiro atoms. The maximum absolute atomic E-state index is 12.7. The van der Waals surface area contributed by atoms with Gasteiger partial charge in [-0.1, -0.05) is 18.7 Å². The van der Waals surface area contributed by atoms with Crippen molar-refractivity contribution < 1.29 is 33.5 Å². The average Bonchev–Trinajstić information content (AvgIpc) is 2.82. The van der Waals surface area contributed by atoms with Crippen LogP contribution in [0.25, 0.3) is 0 Å². The number of para-hydroxylation sites is 2. The Labute approximate surface area is 194 Å². The van der Waals surface area contributed by atoms with Crippen LogP contribution in [-0.4, -0.2) is 48.9 Å². The summed E-state index contributed by atoms with van der Waals surface area (Å²) in [5.74, 6) is -1.62. The van der Waals surface area contributed by atoms with Crippen LogP contribution in [0, 0.1) is 10.1 Å². The topological polar surface area (TPSA) is 159 Å². The Balaban J connectivity index is 2.14. The Kier molecular flexibility index (Phi) is 9.38. The van der Waals surface area contributed by atoms with Gasteiger partial charge in [0.05, 0.1) is 23.8 Å². The fourth-order valence-electron chi connectivity index (χ4n) is 2.55. The van der Waals surface area contributed by atoms with Gasteiger partial charge in [0, 0.05) is 12.1 Å². The SMILES string of the molecule is C=CC(=O)OCCOc1ccccc1NC(=O)C(N=Nc1ccc([N+](=O)[O-])cc1OC)C(C)=O. The average molecular weight is 470 g/mol. The van der Waals surface area contributed by atoms with Gasteiger partial charge in [-0.05, 0) is 25.1 Å². The Morgan fingerprint density at radius 3 is 2.56 bits per heavy atom. The van der Waals surface area contributed by atoms with Gasteiger partial charge in [-0.15, -0.1) is 0 Å². The second kappa shape index (κ2) is 12.4. The fourth-order valence-corrected chi connectivity index (χ4v) is 2.55. The highest BCUT2D eigenvalue weighted by atomic mass is 16.6. The molecule has 2 aromatic rings. The maximum Gasteiger partial charge on any atom is 0.330 e. The molecule has 0 heterocycles. The fraction of sp³-hybridized carbons (Fsp3) is 0.227. The molecule has 0 radical (unpaired) electrons. The van der Waals surface area contributed by atoms with E-state index in [-0.39, 0.29) is 41.8 Å². The molecule has 0 fully saturated rings. The maximum atomic E-state index is 12.7. The number of carbonyl (C=O) groups excluding carboxylic acids is 3. The van der Waals surface area contributed by atoms with Gasteiger partial charge >= 0.3 is 5.97 Å². The van der Waals surface area contributed by atoms with Crippen molar-refractivity contribution >= 4 is 34.7 Å². The number of rotatable bonds is 12. The number of ketones is 1. The Hall–Kier alpha value is -4.61. The number of hydrogen-bond donors (Lipinski definition) is 1. The summed E-state index contributed by atoms with van der Waals surface area (Å²) >= 11 is 0. The molecular formula is C22H22N4O8. The van der Waals surface area contributed by atoms with E-state index in [4.69, 9.17) is 14.2 Å². The van der Waals surface area contributed by atoms with E-state index < -0.39 is 28.6 Å². The molecule has 2 aromatic carbocycles. The zero-order valence-corrected chi connectivity index (χ0v) is 18.4. The molecule has 1 unspecified atom stereocenters. The van der Waals surface area contributed by atoms with Crippen LogP contribution in [0.5, 0.6) is 11.5 Å². The molecule has 0 aliphatic heterocycles. The summed E-state index contributed by atoms with van der Waals surface area (Å²) in [7, 11) is 1.29. The van der Waals surface area contributed by atoms with Gasteiger partial charge in [-0.25, -0.2) is 4.79 Å². The number of azo groups is 1. The molecule has 34 heavy (non-hydrogen) atoms. The predicted molar refractivity (Wildman–Crippen MR) is 120 cm³/mol. The lowest BCUT2D eigenvalue weighted by Gasteiger charge is -2.14. The second-order valence-electron chi connectivity index (χ2n) is 6.55. The number of nitro groups is 1. The van der Waals surface area contributed by atoms with E-state index in [1.165, 1.54) is 26.2 Å². The molecule has 178 valence electrons. The summed E-state index contributed by atoms with van der Waals surface area (Å²) in [4.78, 5) is 46.2. The van der Waals surface area contributed by atoms with Crippen molar-refractivity contribution in [1.29, 1.82) is 0 Å². The van der Waals surface area contributed by atoms with Crippen molar-refractivity contribution in [3.63, 3.8) is 0 Å². The zero-order valence-electron chi connectivity index (χ0n) is 18.4. The van der Waals surface area contributed by atoms with Crippen LogP contribution in [0.1, 0.15) is 6.92 Å². The molecule has 0 bridgehead atoms. The number of esters is 1. The van der Waals surface area contributed by atoms with E-state index in [1.807, 2.05) is 0 Å². The number of anilines is 1. The first-order valence-electron chi connectivity index (χ1n) is 9.82. The summed E-state index contributed by atoms with van der Waals surface area (Å²) in [6.07, 6.45) is 1.02. The first-order chi connectivity index (χ1) is 16.3. The molecule has 0 aliphatic carbocycles. The van der Waals surface area contributed by atoms with Crippen molar-refractivity contribution in [2.75, 3.05) is 25.6 Å². The first-order valence-corrected chi connectivity index (χ1v) is 9.82. The monoisotopic (exact) mass is 470 g/mol. The van der Waals surface area contributed by atoms with Crippen LogP contribution < -0.4 is 14.8 Å². The molecule has 0 aliphatic rings. The Morgan fingerprint density at radius 1 is 1.18 bits per heavy atom. The smallest absolute Gasteiger partial charge is 0.330 e. The third kappa shape index (κ3) is 7.22. The van der Waals surface area contributed by atoms with Gasteiger partial charge in [0.15, 0.2) is 11.5 Å². The third-order valence-corrected chi connectivity index (χ3v) is 4.19. The van der Waals surface area contributed by atoms with Gasteiger partial charge in [-0.2, -0.15) is 10.2 Å². The lowest BCUT2D eigenvalue weighted by molar-refractivity contribution is -0.384. The zero-order chi connectivity index (χ0) is 25.1. The Bertz CT molecular complexity index is 1120. The molecule has 1 amide bonds. The van der Waals surface area contributed by atoms with Crippen molar-refractivity contribution in [1.82, 2.24) is 0 Å². The first kappa shape index (κ1) is 25.6. The highest BCUT2D eigenvalue weighted by Crippen LogP contribution is 2.32. The number of amides is 1. The van der Waals surface area contributed by atoms with Crippen LogP contribution in [0.15, 0.2) is 65.3 Å². The van der Waals surface area contributed by atoms with Gasteiger partial charge in [0.25, 0.3) is 11.6 Å². The van der Waals surface area contributed by atoms with Crippen LogP contribution in [0.3, 0.4) is 0 Å². The van der Waals surface area contributed by atoms with Crippen LogP contribution in [0.2, 0.25) is 0 Å². The number of nitrogens with one attached hydrogen (secondary N) is 1. The van der Waals surface area contributed by atoms with Crippen LogP contribution in [0.4, 0.5) is 17.1 Å². The van der Waals surface area contributed by atoms with Crippen molar-refractivity contribution in [3.8, 4) is 11.5 Å². The minimum atomic E-state index is -1.50. The van der Waals surface area contributed by atoms with Crippen LogP contribution >= 0.6 is 0 Å². The van der Waals surface area contributed by atoms with Gasteiger partial charge < -0.3 is 19.5 Å². The lowest BCUT2D eigenvalue weighted by atomic mass is 10.2. The molecule has 0 saturated heterocycles. The summed E-state index contributed by atoms with van der Waals surface area (Å²) in [6, 6.07) is 8.58. The molecule has 12 nitrogen and oxygen atoms in total. The predicted octanol–water partition coefficient (Wildman–Crippen LogP) is 3.39. The van der Waals surface area contributed by atoms with Gasteiger partial charge in [0.1, 0.15) is 24.7 Å². The molecule has 0 aromatic heterocycles. The van der Waals surface area contributed by atoms with Gasteiger partial charge in [-0.3, -0.25) is 19.7 Å². The highest BCUT2D eigenvalue weighted by Gasteiger charge is 2.24. The molecule has 12 heteroatoms. The van der Waals surface area contributed by atoms with Crippen molar-refractivity contribution in [2.45, 2.75) is 13.0 Å². The summed E-state index contributed by atoms with van der Waals surface area (Å²) in [5, 5.41) is 21.2. The number of carbonyl (C=O) groups is 3. The number of non-ortho nitro benzene ring substituents is 1. The molecule has 1 atom stereocenters. The number of hydrogen-bond acceptors (Lipinski definition) is 10. The molecule has 1 N–H and O–H groups in total. The van der Waals surface area contributed by atoms with Crippen LogP contribution in [-0.2, 0) is 19.1 Å². The summed E-state index contributed by atoms with van der Waals surface area (Å²) in [5.41, 5.74) is 0.148. The van der Waals surface area contributed by atoms with E-state index in [9.17, 15) is 24.5 Å². The second-order valence-corrected chi connectivity index (χ2v) is 6.55. The van der Waals surface area contributed by atoms with E-state index in [0.29, 0.717) is 0 Å². The molecular weight excluding hydrogens is 448 g/mol. The normalized spacial score (nSPS) is 11.4. The summed E-state index contributed by atoms with van der Waals surface area (Å²) in [6.45, 7) is 4.45. The molecule has 2 rings (SSSR count). The number of Topliss-reactive ketones (excluding diaryl/α,β-unsaturated/α-hetero) is 1. The number of methoxy groups -OCH3 is 1. The van der Waals surface area contributed by atoms with E-state index in [2.05, 4.69) is 22.1 Å². The van der Waals surface area contributed by atoms with Gasteiger partial charge in [0.2, 0.25) is 6.04 Å². The lowest BCUT2D eigenvalue weighted by Crippen LogP contribution is -2.32. The molecule has 0 saturated carbocycles. The van der Waals surface area contributed by atoms with Crippen molar-refractivity contribution in [3.05, 3.63) is 65.2 Å². The number of ether oxygens (including phenoxy) is 3. The van der Waals surface area contributed by atoms with E-state index in [1.54, 1.807) is 24.3 Å². The number of nitro benzene ring substituents is 1. The summed E-state index contributed by atoms with van der Waals surface area (Å²) < 4.78 is 15.4. The minimum Gasteiger partial charge on any atom is -0.494 e.